The highest BCUT2D eigenvalue weighted by atomic mass is 35.5. The molecule has 0 bridgehead atoms. The Kier molecular flexibility index (Phi) is 9.80. The molecular formula is C30H29Cl2N5O5S. The molecule has 0 fully saturated rings. The van der Waals surface area contributed by atoms with Crippen LogP contribution in [0.5, 0.6) is 5.75 Å². The maximum Gasteiger partial charge on any atom is 0.264 e. The van der Waals surface area contributed by atoms with Gasteiger partial charge in [0.15, 0.2) is 0 Å². The fourth-order valence-corrected chi connectivity index (χ4v) is 6.31. The molecule has 0 saturated carbocycles. The summed E-state index contributed by atoms with van der Waals surface area (Å²) in [6, 6.07) is 19.0. The van der Waals surface area contributed by atoms with Gasteiger partial charge in [0, 0.05) is 34.6 Å². The second-order valence-corrected chi connectivity index (χ2v) is 12.2. The van der Waals surface area contributed by atoms with E-state index >= 15 is 0 Å². The number of amides is 2. The van der Waals surface area contributed by atoms with Gasteiger partial charge < -0.3 is 14.6 Å². The van der Waals surface area contributed by atoms with Crippen LogP contribution in [0.1, 0.15) is 23.9 Å². The Morgan fingerprint density at radius 1 is 1.00 bits per heavy atom. The normalized spacial score (nSPS) is 11.4. The number of methoxy groups -OCH3 is 1. The Bertz CT molecular complexity index is 1790. The zero-order chi connectivity index (χ0) is 31.3. The first-order valence-corrected chi connectivity index (χ1v) is 15.1. The number of nitrogens with zero attached hydrogens (tertiary/aromatic N) is 3. The zero-order valence-electron chi connectivity index (χ0n) is 23.8. The van der Waals surface area contributed by atoms with Crippen molar-refractivity contribution in [2.45, 2.75) is 25.7 Å². The molecule has 2 amide bonds. The number of anilines is 2. The molecule has 0 saturated heterocycles. The Morgan fingerprint density at radius 3 is 2.28 bits per heavy atom. The molecular weight excluding hydrogens is 613 g/mol. The largest absolute Gasteiger partial charge is 0.497 e. The number of carbonyl (C=O) groups is 2. The van der Waals surface area contributed by atoms with Crippen molar-refractivity contribution in [3.05, 3.63) is 99.8 Å². The Balaban J connectivity index is 1.56. The second-order valence-electron chi connectivity index (χ2n) is 9.47. The first-order chi connectivity index (χ1) is 20.4. The summed E-state index contributed by atoms with van der Waals surface area (Å²) in [5.41, 5.74) is 6.28. The van der Waals surface area contributed by atoms with Crippen molar-refractivity contribution in [1.29, 1.82) is 0 Å². The van der Waals surface area contributed by atoms with Gasteiger partial charge in [-0.2, -0.15) is 5.10 Å². The highest BCUT2D eigenvalue weighted by molar-refractivity contribution is 7.92. The minimum absolute atomic E-state index is 0.0676. The van der Waals surface area contributed by atoms with Crippen molar-refractivity contribution in [2.24, 2.45) is 5.10 Å². The predicted molar refractivity (Wildman–Crippen MR) is 169 cm³/mol. The minimum Gasteiger partial charge on any atom is -0.497 e. The summed E-state index contributed by atoms with van der Waals surface area (Å²) >= 11 is 12.5. The van der Waals surface area contributed by atoms with E-state index < -0.39 is 22.5 Å². The van der Waals surface area contributed by atoms with E-state index in [0.717, 1.165) is 26.9 Å². The number of carbonyl (C=O) groups excluding carboxylic acids is 2. The van der Waals surface area contributed by atoms with Crippen molar-refractivity contribution in [2.75, 3.05) is 23.3 Å². The number of aryl methyl sites for hydroxylation is 1. The SMILES string of the molecule is COc1ccc(N(CC(=O)N/N=C\c2cc(C)n(-c3ccc(Cl)cc3Cl)c2C)S(=O)(=O)c2ccc(NC(C)=O)cc2)cc1. The molecule has 0 spiro atoms. The molecule has 0 unspecified atom stereocenters. The smallest absolute Gasteiger partial charge is 0.264 e. The van der Waals surface area contributed by atoms with Gasteiger partial charge in [0.05, 0.1) is 34.6 Å². The number of hydrogen-bond donors (Lipinski definition) is 2. The lowest BCUT2D eigenvalue weighted by atomic mass is 10.2. The second kappa shape index (κ2) is 13.3. The fourth-order valence-electron chi connectivity index (χ4n) is 4.40. The molecule has 10 nitrogen and oxygen atoms in total. The van der Waals surface area contributed by atoms with Gasteiger partial charge in [0.2, 0.25) is 5.91 Å². The lowest BCUT2D eigenvalue weighted by Crippen LogP contribution is -2.39. The van der Waals surface area contributed by atoms with E-state index in [1.165, 1.54) is 56.6 Å². The number of aromatic nitrogens is 1. The maximum absolute atomic E-state index is 13.7. The van der Waals surface area contributed by atoms with Crippen LogP contribution in [0.25, 0.3) is 5.69 Å². The third-order valence-corrected chi connectivity index (χ3v) is 8.75. The molecule has 43 heavy (non-hydrogen) atoms. The van der Waals surface area contributed by atoms with Crippen LogP contribution in [0.15, 0.2) is 82.8 Å². The van der Waals surface area contributed by atoms with Crippen LogP contribution in [0.2, 0.25) is 10.0 Å². The topological polar surface area (TPSA) is 122 Å². The lowest BCUT2D eigenvalue weighted by molar-refractivity contribution is -0.119. The average molecular weight is 643 g/mol. The molecule has 224 valence electrons. The molecule has 1 heterocycles. The molecule has 0 aliphatic rings. The Labute approximate surface area is 259 Å². The first-order valence-electron chi connectivity index (χ1n) is 12.9. The van der Waals surface area contributed by atoms with Crippen LogP contribution in [0.4, 0.5) is 11.4 Å². The van der Waals surface area contributed by atoms with Gasteiger partial charge in [0.25, 0.3) is 15.9 Å². The summed E-state index contributed by atoms with van der Waals surface area (Å²) in [6.07, 6.45) is 1.48. The molecule has 4 aromatic rings. The number of sulfonamides is 1. The first kappa shape index (κ1) is 31.6. The van der Waals surface area contributed by atoms with E-state index in [-0.39, 0.29) is 16.5 Å². The van der Waals surface area contributed by atoms with Crippen molar-refractivity contribution in [3.8, 4) is 11.4 Å². The average Bonchev–Trinajstić information content (AvgIpc) is 3.24. The molecule has 0 atom stereocenters. The summed E-state index contributed by atoms with van der Waals surface area (Å²) < 4.78 is 35.5. The van der Waals surface area contributed by atoms with Crippen molar-refractivity contribution in [3.63, 3.8) is 0 Å². The Hall–Kier alpha value is -4.32. The number of hydrogen-bond acceptors (Lipinski definition) is 6. The predicted octanol–water partition coefficient (Wildman–Crippen LogP) is 5.71. The molecule has 0 radical (unpaired) electrons. The van der Waals surface area contributed by atoms with Crippen LogP contribution in [-0.4, -0.2) is 44.7 Å². The number of halogens is 2. The molecule has 0 aliphatic heterocycles. The summed E-state index contributed by atoms with van der Waals surface area (Å²) in [4.78, 5) is 24.3. The molecule has 13 heteroatoms. The fraction of sp³-hybridized carbons (Fsp3) is 0.167. The van der Waals surface area contributed by atoms with Crippen LogP contribution < -0.4 is 19.8 Å². The summed E-state index contributed by atoms with van der Waals surface area (Å²) in [5.74, 6) is -0.434. The summed E-state index contributed by atoms with van der Waals surface area (Å²) in [7, 11) is -2.70. The molecule has 1 aromatic heterocycles. The van der Waals surface area contributed by atoms with Crippen molar-refractivity contribution in [1.82, 2.24) is 9.99 Å². The van der Waals surface area contributed by atoms with Gasteiger partial charge in [-0.3, -0.25) is 13.9 Å². The van der Waals surface area contributed by atoms with Crippen LogP contribution in [0, 0.1) is 13.8 Å². The molecule has 3 aromatic carbocycles. The number of benzene rings is 3. The van der Waals surface area contributed by atoms with E-state index in [4.69, 9.17) is 27.9 Å². The zero-order valence-corrected chi connectivity index (χ0v) is 26.1. The number of rotatable bonds is 10. The maximum atomic E-state index is 13.7. The summed E-state index contributed by atoms with van der Waals surface area (Å²) in [6.45, 7) is 4.59. The number of hydrazone groups is 1. The monoisotopic (exact) mass is 641 g/mol. The van der Waals surface area contributed by atoms with Gasteiger partial charge in [-0.15, -0.1) is 0 Å². The van der Waals surface area contributed by atoms with Gasteiger partial charge in [-0.05, 0) is 86.6 Å². The quantitative estimate of drug-likeness (QED) is 0.170. The number of nitrogens with one attached hydrogen (secondary N) is 2. The van der Waals surface area contributed by atoms with Gasteiger partial charge in [-0.25, -0.2) is 13.8 Å². The molecule has 2 N–H and O–H groups in total. The highest BCUT2D eigenvalue weighted by Crippen LogP contribution is 2.29. The highest BCUT2D eigenvalue weighted by Gasteiger charge is 2.27. The van der Waals surface area contributed by atoms with E-state index in [1.54, 1.807) is 24.3 Å². The Morgan fingerprint density at radius 2 is 1.67 bits per heavy atom. The number of ether oxygens (including phenoxy) is 1. The van der Waals surface area contributed by atoms with Gasteiger partial charge in [0.1, 0.15) is 12.3 Å². The third kappa shape index (κ3) is 7.37. The van der Waals surface area contributed by atoms with Crippen LogP contribution in [-0.2, 0) is 19.6 Å². The lowest BCUT2D eigenvalue weighted by Gasteiger charge is -2.24. The standard InChI is InChI=1S/C30H29Cl2N5O5S/c1-19-15-22(20(2)37(19)29-14-5-23(31)16-28(29)32)17-33-35-30(39)18-36(25-8-10-26(42-4)11-9-25)43(40,41)27-12-6-24(7-13-27)34-21(3)38/h5-17H,18H2,1-4H3,(H,34,38)(H,35,39)/b33-17-. The van der Waals surface area contributed by atoms with E-state index in [9.17, 15) is 18.0 Å². The third-order valence-electron chi connectivity index (χ3n) is 6.42. The van der Waals surface area contributed by atoms with Gasteiger partial charge >= 0.3 is 0 Å². The van der Waals surface area contributed by atoms with Crippen LogP contribution >= 0.6 is 23.2 Å². The van der Waals surface area contributed by atoms with Crippen molar-refractivity contribution >= 4 is 62.6 Å². The minimum atomic E-state index is -4.20. The van der Waals surface area contributed by atoms with Gasteiger partial charge in [-0.1, -0.05) is 23.2 Å². The van der Waals surface area contributed by atoms with E-state index in [0.29, 0.717) is 21.5 Å². The molecule has 4 rings (SSSR count). The van der Waals surface area contributed by atoms with E-state index in [2.05, 4.69) is 15.8 Å². The van der Waals surface area contributed by atoms with Crippen molar-refractivity contribution < 1.29 is 22.7 Å². The van der Waals surface area contributed by atoms with Crippen LogP contribution in [0.3, 0.4) is 0 Å². The summed E-state index contributed by atoms with van der Waals surface area (Å²) in [5, 5.41) is 7.68. The molecule has 0 aliphatic carbocycles. The van der Waals surface area contributed by atoms with E-state index in [1.807, 2.05) is 30.5 Å².